The summed E-state index contributed by atoms with van der Waals surface area (Å²) in [6.45, 7) is 12.4. The summed E-state index contributed by atoms with van der Waals surface area (Å²) in [7, 11) is 0. The topological polar surface area (TPSA) is 20.2 Å². The lowest BCUT2D eigenvalue weighted by Gasteiger charge is -2.58. The second kappa shape index (κ2) is 4.08. The summed E-state index contributed by atoms with van der Waals surface area (Å²) in [5.41, 5.74) is 1.29. The van der Waals surface area contributed by atoms with Gasteiger partial charge in [-0.05, 0) is 84.4 Å². The summed E-state index contributed by atoms with van der Waals surface area (Å²) in [5.74, 6) is 4.39. The van der Waals surface area contributed by atoms with E-state index >= 15 is 0 Å². The maximum Gasteiger partial charge on any atom is 0.0601 e. The molecule has 0 heterocycles. The number of aliphatic hydroxyl groups is 1. The lowest BCUT2D eigenvalue weighted by atomic mass is 9.47. The van der Waals surface area contributed by atoms with Crippen molar-refractivity contribution in [2.75, 3.05) is 0 Å². The SMILES string of the molecule is CC(C)C1CCC2(C)CCC3(C)CC(O)C4(C)CC4C3C12. The highest BCUT2D eigenvalue weighted by atomic mass is 16.3. The molecular weight excluding hydrogens is 256 g/mol. The molecule has 0 aromatic carbocycles. The van der Waals surface area contributed by atoms with Crippen molar-refractivity contribution in [2.24, 2.45) is 45.8 Å². The van der Waals surface area contributed by atoms with Crippen molar-refractivity contribution in [3.63, 3.8) is 0 Å². The van der Waals surface area contributed by atoms with Crippen molar-refractivity contribution in [1.82, 2.24) is 0 Å². The van der Waals surface area contributed by atoms with Gasteiger partial charge >= 0.3 is 0 Å². The van der Waals surface area contributed by atoms with Gasteiger partial charge in [-0.3, -0.25) is 0 Å². The average molecular weight is 290 g/mol. The highest BCUT2D eigenvalue weighted by Crippen LogP contribution is 2.76. The van der Waals surface area contributed by atoms with Gasteiger partial charge in [0.25, 0.3) is 0 Å². The van der Waals surface area contributed by atoms with Crippen LogP contribution in [0, 0.1) is 45.8 Å². The van der Waals surface area contributed by atoms with Crippen molar-refractivity contribution in [3.8, 4) is 0 Å². The minimum atomic E-state index is -0.0352. The second-order valence-electron chi connectivity index (χ2n) is 10.3. The Morgan fingerprint density at radius 3 is 2.24 bits per heavy atom. The molecule has 1 heteroatoms. The molecule has 0 aromatic heterocycles. The van der Waals surface area contributed by atoms with Gasteiger partial charge in [0, 0.05) is 0 Å². The zero-order chi connectivity index (χ0) is 15.2. The van der Waals surface area contributed by atoms with Gasteiger partial charge in [0.15, 0.2) is 0 Å². The Labute approximate surface area is 130 Å². The standard InChI is InChI=1S/C20H34O/c1-12(2)13-6-7-18(3)8-9-19(4)11-15(21)20(5)10-14(20)17(19)16(13)18/h12-17,21H,6-11H2,1-5H3. The first-order valence-corrected chi connectivity index (χ1v) is 9.39. The first kappa shape index (κ1) is 14.5. The molecule has 120 valence electrons. The molecule has 0 spiro atoms. The molecule has 4 fully saturated rings. The fraction of sp³-hybridized carbons (Fsp3) is 1.00. The molecule has 1 nitrogen and oxygen atoms in total. The fourth-order valence-corrected chi connectivity index (χ4v) is 7.25. The van der Waals surface area contributed by atoms with Crippen LogP contribution < -0.4 is 0 Å². The van der Waals surface area contributed by atoms with Crippen LogP contribution in [0.3, 0.4) is 0 Å². The Morgan fingerprint density at radius 2 is 1.57 bits per heavy atom. The summed E-state index contributed by atoms with van der Waals surface area (Å²) in [6, 6.07) is 0. The third-order valence-electron chi connectivity index (χ3n) is 8.83. The van der Waals surface area contributed by atoms with E-state index in [1.165, 1.54) is 32.1 Å². The number of aliphatic hydroxyl groups excluding tert-OH is 1. The van der Waals surface area contributed by atoms with E-state index in [0.29, 0.717) is 10.8 Å². The van der Waals surface area contributed by atoms with Crippen molar-refractivity contribution in [2.45, 2.75) is 79.2 Å². The first-order valence-electron chi connectivity index (χ1n) is 9.39. The van der Waals surface area contributed by atoms with Crippen LogP contribution in [0.1, 0.15) is 73.1 Å². The molecule has 0 radical (unpaired) electrons. The lowest BCUT2D eigenvalue weighted by Crippen LogP contribution is -2.53. The number of hydrogen-bond acceptors (Lipinski definition) is 1. The van der Waals surface area contributed by atoms with Crippen LogP contribution >= 0.6 is 0 Å². The van der Waals surface area contributed by atoms with Crippen molar-refractivity contribution >= 4 is 0 Å². The normalized spacial score (nSPS) is 62.1. The maximum absolute atomic E-state index is 10.7. The van der Waals surface area contributed by atoms with Gasteiger partial charge in [-0.1, -0.05) is 34.6 Å². The average Bonchev–Trinajstić information content (AvgIpc) is 2.95. The van der Waals surface area contributed by atoms with Crippen LogP contribution in [-0.4, -0.2) is 11.2 Å². The van der Waals surface area contributed by atoms with E-state index in [4.69, 9.17) is 0 Å². The largest absolute Gasteiger partial charge is 0.393 e. The smallest absolute Gasteiger partial charge is 0.0601 e. The van der Waals surface area contributed by atoms with Gasteiger partial charge in [0.2, 0.25) is 0 Å². The molecule has 4 aliphatic rings. The van der Waals surface area contributed by atoms with Crippen molar-refractivity contribution in [1.29, 1.82) is 0 Å². The molecule has 0 amide bonds. The van der Waals surface area contributed by atoms with E-state index in [9.17, 15) is 5.11 Å². The number of fused-ring (bicyclic) bond motifs is 5. The van der Waals surface area contributed by atoms with Crippen LogP contribution in [0.4, 0.5) is 0 Å². The van der Waals surface area contributed by atoms with Crippen LogP contribution in [0.2, 0.25) is 0 Å². The Hall–Kier alpha value is -0.0400. The summed E-state index contributed by atoms with van der Waals surface area (Å²) in [5, 5.41) is 10.7. The van der Waals surface area contributed by atoms with Gasteiger partial charge in [0.1, 0.15) is 0 Å². The molecule has 4 rings (SSSR count). The fourth-order valence-electron chi connectivity index (χ4n) is 7.25. The summed E-state index contributed by atoms with van der Waals surface area (Å²) in [4.78, 5) is 0. The van der Waals surface area contributed by atoms with Crippen LogP contribution in [0.25, 0.3) is 0 Å². The Bertz CT molecular complexity index is 457. The molecule has 0 saturated heterocycles. The molecule has 8 atom stereocenters. The van der Waals surface area contributed by atoms with E-state index in [1.54, 1.807) is 0 Å². The molecule has 1 N–H and O–H groups in total. The lowest BCUT2D eigenvalue weighted by molar-refractivity contribution is -0.120. The van der Waals surface area contributed by atoms with Gasteiger partial charge in [-0.2, -0.15) is 0 Å². The van der Waals surface area contributed by atoms with Crippen molar-refractivity contribution in [3.05, 3.63) is 0 Å². The Balaban J connectivity index is 1.75. The highest BCUT2D eigenvalue weighted by Gasteiger charge is 2.71. The Morgan fingerprint density at radius 1 is 0.905 bits per heavy atom. The van der Waals surface area contributed by atoms with E-state index in [-0.39, 0.29) is 11.5 Å². The predicted octanol–water partition coefficient (Wildman–Crippen LogP) is 4.88. The van der Waals surface area contributed by atoms with Crippen molar-refractivity contribution < 1.29 is 5.11 Å². The van der Waals surface area contributed by atoms with E-state index in [1.807, 2.05) is 0 Å². The molecule has 8 unspecified atom stereocenters. The first-order chi connectivity index (χ1) is 9.71. The summed E-state index contributed by atoms with van der Waals surface area (Å²) >= 11 is 0. The zero-order valence-electron chi connectivity index (χ0n) is 14.7. The minimum Gasteiger partial charge on any atom is -0.393 e. The van der Waals surface area contributed by atoms with Crippen LogP contribution in [0.5, 0.6) is 0 Å². The highest BCUT2D eigenvalue weighted by molar-refractivity contribution is 5.20. The molecule has 0 aliphatic heterocycles. The summed E-state index contributed by atoms with van der Waals surface area (Å²) in [6.07, 6.45) is 8.01. The minimum absolute atomic E-state index is 0.0352. The molecular formula is C20H34O. The van der Waals surface area contributed by atoms with Crippen LogP contribution in [-0.2, 0) is 0 Å². The Kier molecular flexibility index (Phi) is 2.82. The van der Waals surface area contributed by atoms with E-state index in [0.717, 1.165) is 36.0 Å². The maximum atomic E-state index is 10.7. The van der Waals surface area contributed by atoms with Gasteiger partial charge in [-0.15, -0.1) is 0 Å². The number of rotatable bonds is 1. The number of hydrogen-bond donors (Lipinski definition) is 1. The molecule has 21 heavy (non-hydrogen) atoms. The molecule has 4 saturated carbocycles. The van der Waals surface area contributed by atoms with Gasteiger partial charge in [-0.25, -0.2) is 0 Å². The third kappa shape index (κ3) is 1.73. The quantitative estimate of drug-likeness (QED) is 0.729. The summed E-state index contributed by atoms with van der Waals surface area (Å²) < 4.78 is 0. The van der Waals surface area contributed by atoms with Gasteiger partial charge in [0.05, 0.1) is 6.10 Å². The molecule has 0 bridgehead atoms. The van der Waals surface area contributed by atoms with Crippen LogP contribution in [0.15, 0.2) is 0 Å². The predicted molar refractivity (Wildman–Crippen MR) is 86.8 cm³/mol. The third-order valence-corrected chi connectivity index (χ3v) is 8.83. The van der Waals surface area contributed by atoms with E-state index in [2.05, 4.69) is 34.6 Å². The molecule has 0 aromatic rings. The van der Waals surface area contributed by atoms with E-state index < -0.39 is 0 Å². The molecule has 4 aliphatic carbocycles. The zero-order valence-corrected chi connectivity index (χ0v) is 14.7. The second-order valence-corrected chi connectivity index (χ2v) is 10.3. The van der Waals surface area contributed by atoms with Gasteiger partial charge < -0.3 is 5.11 Å². The monoisotopic (exact) mass is 290 g/mol.